The number of aromatic hydroxyl groups is 1. The molecular weight excluding hydrogens is 327 g/mol. The van der Waals surface area contributed by atoms with E-state index in [1.54, 1.807) is 18.2 Å². The van der Waals surface area contributed by atoms with Crippen molar-refractivity contribution >= 4 is 0 Å². The third-order valence-electron chi connectivity index (χ3n) is 6.69. The SMILES string of the molecule is Oc1cccc([C@@H]2CN(Cc3ccc(F)cc3)[C@@H]3C4CCN(CC4)[C@@H]32)c1. The van der Waals surface area contributed by atoms with Gasteiger partial charge >= 0.3 is 0 Å². The van der Waals surface area contributed by atoms with E-state index in [9.17, 15) is 9.50 Å². The van der Waals surface area contributed by atoms with Gasteiger partial charge in [0.25, 0.3) is 0 Å². The van der Waals surface area contributed by atoms with Crippen LogP contribution in [0.3, 0.4) is 0 Å². The summed E-state index contributed by atoms with van der Waals surface area (Å²) < 4.78 is 13.3. The molecular formula is C22H25FN2O. The fraction of sp³-hybridized carbons (Fsp3) is 0.455. The van der Waals surface area contributed by atoms with Gasteiger partial charge < -0.3 is 5.11 Å². The minimum absolute atomic E-state index is 0.173. The Morgan fingerprint density at radius 2 is 1.77 bits per heavy atom. The molecule has 0 aliphatic carbocycles. The largest absolute Gasteiger partial charge is 0.508 e. The number of halogens is 1. The van der Waals surface area contributed by atoms with Crippen LogP contribution in [-0.2, 0) is 6.54 Å². The van der Waals surface area contributed by atoms with Crippen LogP contribution in [0.2, 0.25) is 0 Å². The van der Waals surface area contributed by atoms with Gasteiger partial charge in [0.2, 0.25) is 0 Å². The van der Waals surface area contributed by atoms with Crippen molar-refractivity contribution in [2.75, 3.05) is 19.6 Å². The molecule has 4 heterocycles. The van der Waals surface area contributed by atoms with Crippen molar-refractivity contribution in [2.24, 2.45) is 5.92 Å². The lowest BCUT2D eigenvalue weighted by atomic mass is 9.75. The molecule has 4 heteroatoms. The maximum Gasteiger partial charge on any atom is 0.123 e. The Kier molecular flexibility index (Phi) is 3.98. The molecule has 3 atom stereocenters. The van der Waals surface area contributed by atoms with Gasteiger partial charge in [0, 0.05) is 31.1 Å². The van der Waals surface area contributed by atoms with E-state index in [0.29, 0.717) is 23.8 Å². The van der Waals surface area contributed by atoms with E-state index in [-0.39, 0.29) is 5.82 Å². The van der Waals surface area contributed by atoms with Crippen LogP contribution in [0.25, 0.3) is 0 Å². The summed E-state index contributed by atoms with van der Waals surface area (Å²) in [6.45, 7) is 4.28. The Morgan fingerprint density at radius 3 is 2.50 bits per heavy atom. The number of phenolic OH excluding ortho intramolecular Hbond substituents is 1. The number of fused-ring (bicyclic) bond motifs is 2. The smallest absolute Gasteiger partial charge is 0.123 e. The van der Waals surface area contributed by atoms with Gasteiger partial charge in [-0.05, 0) is 67.2 Å². The molecule has 4 aliphatic heterocycles. The van der Waals surface area contributed by atoms with Crippen LogP contribution in [0.15, 0.2) is 48.5 Å². The number of piperidine rings is 3. The third kappa shape index (κ3) is 2.72. The quantitative estimate of drug-likeness (QED) is 0.914. The van der Waals surface area contributed by atoms with Crippen molar-refractivity contribution < 1.29 is 9.50 Å². The first kappa shape index (κ1) is 16.3. The lowest BCUT2D eigenvalue weighted by Crippen LogP contribution is -2.59. The molecule has 0 aromatic heterocycles. The molecule has 0 amide bonds. The number of likely N-dealkylation sites (tertiary alicyclic amines) is 1. The first-order chi connectivity index (χ1) is 12.7. The maximum atomic E-state index is 13.3. The zero-order valence-corrected chi connectivity index (χ0v) is 14.9. The highest BCUT2D eigenvalue weighted by atomic mass is 19.1. The fourth-order valence-electron chi connectivity index (χ4n) is 5.60. The maximum absolute atomic E-state index is 13.3. The Morgan fingerprint density at radius 1 is 1.00 bits per heavy atom. The minimum atomic E-state index is -0.173. The molecule has 0 saturated carbocycles. The highest BCUT2D eigenvalue weighted by Gasteiger charge is 2.53. The average molecular weight is 352 g/mol. The zero-order chi connectivity index (χ0) is 17.7. The van der Waals surface area contributed by atoms with E-state index >= 15 is 0 Å². The van der Waals surface area contributed by atoms with Gasteiger partial charge in [-0.1, -0.05) is 24.3 Å². The molecule has 4 aliphatic rings. The van der Waals surface area contributed by atoms with E-state index in [1.165, 1.54) is 37.1 Å². The average Bonchev–Trinajstić information content (AvgIpc) is 3.06. The first-order valence-corrected chi connectivity index (χ1v) is 9.70. The van der Waals surface area contributed by atoms with Gasteiger partial charge in [-0.25, -0.2) is 4.39 Å². The Labute approximate surface area is 154 Å². The van der Waals surface area contributed by atoms with Crippen LogP contribution in [-0.4, -0.2) is 46.6 Å². The molecule has 3 nitrogen and oxygen atoms in total. The summed E-state index contributed by atoms with van der Waals surface area (Å²) in [6.07, 6.45) is 2.57. The number of hydrogen-bond acceptors (Lipinski definition) is 3. The molecule has 1 N–H and O–H groups in total. The van der Waals surface area contributed by atoms with Crippen LogP contribution in [0.4, 0.5) is 4.39 Å². The number of hydrogen-bond donors (Lipinski definition) is 1. The lowest BCUT2D eigenvalue weighted by molar-refractivity contribution is -0.00870. The molecule has 0 spiro atoms. The second-order valence-corrected chi connectivity index (χ2v) is 8.11. The normalized spacial score (nSPS) is 33.3. The van der Waals surface area contributed by atoms with Crippen LogP contribution in [0.5, 0.6) is 5.75 Å². The summed E-state index contributed by atoms with van der Waals surface area (Å²) in [6, 6.07) is 15.8. The predicted octanol–water partition coefficient (Wildman–Crippen LogP) is 3.59. The monoisotopic (exact) mass is 352 g/mol. The summed E-state index contributed by atoms with van der Waals surface area (Å²) in [5.41, 5.74) is 2.42. The lowest BCUT2D eigenvalue weighted by Gasteiger charge is -2.51. The van der Waals surface area contributed by atoms with Gasteiger partial charge in [-0.15, -0.1) is 0 Å². The van der Waals surface area contributed by atoms with Gasteiger partial charge in [-0.3, -0.25) is 9.80 Å². The van der Waals surface area contributed by atoms with Gasteiger partial charge in [0.15, 0.2) is 0 Å². The van der Waals surface area contributed by atoms with Crippen molar-refractivity contribution in [3.8, 4) is 5.75 Å². The molecule has 0 unspecified atom stereocenters. The van der Waals surface area contributed by atoms with Crippen molar-refractivity contribution in [3.63, 3.8) is 0 Å². The number of nitrogens with zero attached hydrogens (tertiary/aromatic N) is 2. The van der Waals surface area contributed by atoms with Crippen molar-refractivity contribution in [2.45, 2.75) is 37.4 Å². The Bertz CT molecular complexity index is 785. The molecule has 136 valence electrons. The highest BCUT2D eigenvalue weighted by Crippen LogP contribution is 2.47. The highest BCUT2D eigenvalue weighted by molar-refractivity contribution is 5.33. The predicted molar refractivity (Wildman–Crippen MR) is 99.5 cm³/mol. The first-order valence-electron chi connectivity index (χ1n) is 9.70. The van der Waals surface area contributed by atoms with Crippen molar-refractivity contribution in [1.29, 1.82) is 0 Å². The molecule has 4 fully saturated rings. The number of phenols is 1. The Balaban J connectivity index is 1.47. The van der Waals surface area contributed by atoms with Crippen molar-refractivity contribution in [3.05, 3.63) is 65.5 Å². The van der Waals surface area contributed by atoms with Crippen LogP contribution in [0.1, 0.15) is 29.9 Å². The topological polar surface area (TPSA) is 26.7 Å². The second-order valence-electron chi connectivity index (χ2n) is 8.11. The van der Waals surface area contributed by atoms with Gasteiger partial charge in [0.1, 0.15) is 11.6 Å². The molecule has 2 bridgehead atoms. The summed E-state index contributed by atoms with van der Waals surface area (Å²) in [5, 5.41) is 9.97. The van der Waals surface area contributed by atoms with E-state index in [0.717, 1.165) is 19.0 Å². The summed E-state index contributed by atoms with van der Waals surface area (Å²) >= 11 is 0. The van der Waals surface area contributed by atoms with Crippen LogP contribution < -0.4 is 0 Å². The minimum Gasteiger partial charge on any atom is -0.508 e. The summed E-state index contributed by atoms with van der Waals surface area (Å²) in [7, 11) is 0. The van der Waals surface area contributed by atoms with Gasteiger partial charge in [0.05, 0.1) is 0 Å². The fourth-order valence-corrected chi connectivity index (χ4v) is 5.60. The summed E-state index contributed by atoms with van der Waals surface area (Å²) in [4.78, 5) is 5.28. The Hall–Kier alpha value is -1.91. The third-order valence-corrected chi connectivity index (χ3v) is 6.69. The van der Waals surface area contributed by atoms with E-state index in [4.69, 9.17) is 0 Å². The van der Waals surface area contributed by atoms with Gasteiger partial charge in [-0.2, -0.15) is 0 Å². The standard InChI is InChI=1S/C22H25FN2O/c23-18-6-4-15(5-7-18)13-25-14-20(17-2-1-3-19(26)12-17)22-21(25)16-8-10-24(22)11-9-16/h1-7,12,16,20-22,26H,8-11,13-14H2/t20-,21+,22+/m0/s1. The van der Waals surface area contributed by atoms with E-state index in [1.807, 2.05) is 24.3 Å². The second kappa shape index (κ2) is 6.36. The van der Waals surface area contributed by atoms with Crippen LogP contribution in [0, 0.1) is 11.7 Å². The van der Waals surface area contributed by atoms with Crippen LogP contribution >= 0.6 is 0 Å². The number of rotatable bonds is 3. The van der Waals surface area contributed by atoms with E-state index < -0.39 is 0 Å². The molecule has 26 heavy (non-hydrogen) atoms. The summed E-state index contributed by atoms with van der Waals surface area (Å²) in [5.74, 6) is 1.36. The number of benzene rings is 2. The van der Waals surface area contributed by atoms with Crippen molar-refractivity contribution in [1.82, 2.24) is 9.80 Å². The molecule has 2 aromatic rings. The molecule has 0 radical (unpaired) electrons. The van der Waals surface area contributed by atoms with E-state index in [2.05, 4.69) is 15.9 Å². The molecule has 2 aromatic carbocycles. The zero-order valence-electron chi connectivity index (χ0n) is 14.9. The molecule has 6 rings (SSSR count). The molecule has 4 saturated heterocycles.